The molecule has 1 amide bonds. The Hall–Kier alpha value is -3.17. The van der Waals surface area contributed by atoms with Gasteiger partial charge in [-0.25, -0.2) is 8.42 Å². The molecular weight excluding hydrogens is 467 g/mol. The minimum atomic E-state index is -4.56. The number of aliphatic hydroxyl groups is 1. The zero-order chi connectivity index (χ0) is 24.9. The highest BCUT2D eigenvalue weighted by atomic mass is 32.2. The fraction of sp³-hybridized carbons (Fsp3) is 0.240. The Morgan fingerprint density at radius 1 is 1.09 bits per heavy atom. The number of rotatable bonds is 7. The van der Waals surface area contributed by atoms with E-state index in [-0.39, 0.29) is 46.1 Å². The monoisotopic (exact) mass is 491 g/mol. The van der Waals surface area contributed by atoms with E-state index in [4.69, 9.17) is 0 Å². The molecule has 180 valence electrons. The van der Waals surface area contributed by atoms with Crippen LogP contribution in [0.2, 0.25) is 0 Å². The van der Waals surface area contributed by atoms with E-state index in [2.05, 4.69) is 5.32 Å². The summed E-state index contributed by atoms with van der Waals surface area (Å²) in [6, 6.07) is 11.2. The van der Waals surface area contributed by atoms with Crippen LogP contribution < -0.4 is 5.32 Å². The van der Waals surface area contributed by atoms with Gasteiger partial charge in [-0.15, -0.1) is 0 Å². The van der Waals surface area contributed by atoms with Crippen molar-refractivity contribution in [2.45, 2.75) is 30.8 Å². The quantitative estimate of drug-likeness (QED) is 0.600. The third-order valence-electron chi connectivity index (χ3n) is 5.34. The Labute approximate surface area is 196 Å². The molecule has 0 aliphatic heterocycles. The van der Waals surface area contributed by atoms with Gasteiger partial charge in [0.25, 0.3) is 0 Å². The molecule has 34 heavy (non-hydrogen) atoms. The van der Waals surface area contributed by atoms with Gasteiger partial charge >= 0.3 is 6.18 Å². The molecule has 0 saturated carbocycles. The second kappa shape index (κ2) is 10.4. The smallest absolute Gasteiger partial charge is 0.392 e. The summed E-state index contributed by atoms with van der Waals surface area (Å²) in [5.41, 5.74) is 0.642. The average Bonchev–Trinajstić information content (AvgIpc) is 3.00. The predicted octanol–water partition coefficient (Wildman–Crippen LogP) is 4.45. The molecule has 0 aromatic heterocycles. The number of benzene rings is 2. The van der Waals surface area contributed by atoms with E-state index in [0.29, 0.717) is 11.3 Å². The summed E-state index contributed by atoms with van der Waals surface area (Å²) in [6.45, 7) is 1.03. The Morgan fingerprint density at radius 2 is 1.76 bits per heavy atom. The number of hydrogen-bond acceptors (Lipinski definition) is 4. The van der Waals surface area contributed by atoms with Gasteiger partial charge in [0.05, 0.1) is 29.2 Å². The molecule has 1 aliphatic rings. The van der Waals surface area contributed by atoms with E-state index in [1.165, 1.54) is 42.5 Å². The number of sulfone groups is 1. The molecule has 0 saturated heterocycles. The Morgan fingerprint density at radius 3 is 2.38 bits per heavy atom. The van der Waals surface area contributed by atoms with Gasteiger partial charge in [-0.1, -0.05) is 49.4 Å². The zero-order valence-electron chi connectivity index (χ0n) is 18.4. The van der Waals surface area contributed by atoms with E-state index >= 15 is 0 Å². The van der Waals surface area contributed by atoms with Crippen LogP contribution in [-0.2, 0) is 27.2 Å². The van der Waals surface area contributed by atoms with E-state index in [1.807, 2.05) is 0 Å². The first-order valence-electron chi connectivity index (χ1n) is 10.5. The van der Waals surface area contributed by atoms with Gasteiger partial charge in [-0.3, -0.25) is 4.79 Å². The molecule has 0 heterocycles. The molecule has 9 heteroatoms. The summed E-state index contributed by atoms with van der Waals surface area (Å²) in [5.74, 6) is -0.396. The summed E-state index contributed by atoms with van der Waals surface area (Å²) >= 11 is 0. The Bertz CT molecular complexity index is 1260. The predicted molar refractivity (Wildman–Crippen MR) is 123 cm³/mol. The summed E-state index contributed by atoms with van der Waals surface area (Å²) in [4.78, 5) is 12.7. The van der Waals surface area contributed by atoms with Crippen LogP contribution in [0.1, 0.15) is 30.0 Å². The number of aliphatic hydroxyl groups excluding tert-OH is 1. The number of hydrogen-bond donors (Lipinski definition) is 2. The maximum absolute atomic E-state index is 13.5. The van der Waals surface area contributed by atoms with Crippen LogP contribution >= 0.6 is 0 Å². The second-order valence-electron chi connectivity index (χ2n) is 7.69. The Balaban J connectivity index is 1.82. The van der Waals surface area contributed by atoms with Crippen LogP contribution in [0.15, 0.2) is 82.9 Å². The zero-order valence-corrected chi connectivity index (χ0v) is 19.2. The molecule has 2 aromatic carbocycles. The largest absolute Gasteiger partial charge is 0.417 e. The van der Waals surface area contributed by atoms with Crippen molar-refractivity contribution in [3.8, 4) is 0 Å². The van der Waals surface area contributed by atoms with Crippen LogP contribution in [0.25, 0.3) is 5.57 Å². The number of carbonyl (C=O) groups is 1. The van der Waals surface area contributed by atoms with Crippen molar-refractivity contribution in [3.05, 3.63) is 94.7 Å². The van der Waals surface area contributed by atoms with Gasteiger partial charge in [0.15, 0.2) is 9.84 Å². The first kappa shape index (κ1) is 25.5. The molecule has 1 aliphatic carbocycles. The van der Waals surface area contributed by atoms with Crippen LogP contribution in [0.5, 0.6) is 0 Å². The minimum absolute atomic E-state index is 0.0184. The van der Waals surface area contributed by atoms with Crippen LogP contribution in [0, 0.1) is 0 Å². The van der Waals surface area contributed by atoms with E-state index in [0.717, 1.165) is 6.07 Å². The summed E-state index contributed by atoms with van der Waals surface area (Å²) in [6.07, 6.45) is 0.296. The number of alkyl halides is 3. The van der Waals surface area contributed by atoms with Crippen LogP contribution in [0.4, 0.5) is 13.2 Å². The molecule has 0 fully saturated rings. The lowest BCUT2D eigenvalue weighted by Gasteiger charge is -2.15. The van der Waals surface area contributed by atoms with Crippen molar-refractivity contribution in [1.82, 2.24) is 5.32 Å². The van der Waals surface area contributed by atoms with Crippen LogP contribution in [-0.4, -0.2) is 31.8 Å². The van der Waals surface area contributed by atoms with Crippen molar-refractivity contribution >= 4 is 21.3 Å². The molecule has 3 rings (SSSR count). The van der Waals surface area contributed by atoms with Crippen molar-refractivity contribution < 1.29 is 31.5 Å². The number of allylic oxidation sites excluding steroid dienone is 3. The highest BCUT2D eigenvalue weighted by Gasteiger charge is 2.34. The average molecular weight is 492 g/mol. The lowest BCUT2D eigenvalue weighted by molar-refractivity contribution is -0.137. The third-order valence-corrected chi connectivity index (χ3v) is 7.09. The number of halogens is 3. The molecule has 0 bridgehead atoms. The molecule has 2 aromatic rings. The lowest BCUT2D eigenvalue weighted by Crippen LogP contribution is -2.24. The summed E-state index contributed by atoms with van der Waals surface area (Å²) in [5, 5.41) is 12.6. The molecule has 0 radical (unpaired) electrons. The number of amides is 1. The molecule has 5 nitrogen and oxygen atoms in total. The van der Waals surface area contributed by atoms with Crippen molar-refractivity contribution in [2.75, 3.05) is 12.4 Å². The maximum Gasteiger partial charge on any atom is 0.417 e. The molecular formula is C25H24F3NO4S. The number of nitrogens with one attached hydrogen (secondary N) is 1. The second-order valence-corrected chi connectivity index (χ2v) is 9.97. The topological polar surface area (TPSA) is 83.5 Å². The van der Waals surface area contributed by atoms with Gasteiger partial charge in [-0.2, -0.15) is 13.2 Å². The normalized spacial score (nSPS) is 14.6. The maximum atomic E-state index is 13.5. The molecule has 0 atom stereocenters. The van der Waals surface area contributed by atoms with Crippen molar-refractivity contribution in [1.29, 1.82) is 0 Å². The van der Waals surface area contributed by atoms with Gasteiger partial charge in [0.2, 0.25) is 5.91 Å². The van der Waals surface area contributed by atoms with E-state index in [1.54, 1.807) is 25.1 Å². The first-order valence-corrected chi connectivity index (χ1v) is 12.2. The minimum Gasteiger partial charge on any atom is -0.392 e. The Kier molecular flexibility index (Phi) is 7.78. The fourth-order valence-corrected chi connectivity index (χ4v) is 4.48. The standard InChI is InChI=1S/C25H24F3NO4S/c1-2-34(32,33)20-12-10-17(11-13-20)14-24(31)29-19-6-5-8-21(18(15-19)16-30)22-7-3-4-9-23(22)25(26,27)28/h3-5,7-13,15,30H,2,6,14,16H2,1H3,(H,29,31). The highest BCUT2D eigenvalue weighted by Crippen LogP contribution is 2.37. The third kappa shape index (κ3) is 6.03. The van der Waals surface area contributed by atoms with Crippen molar-refractivity contribution in [3.63, 3.8) is 0 Å². The molecule has 0 spiro atoms. The van der Waals surface area contributed by atoms with Crippen LogP contribution in [0.3, 0.4) is 0 Å². The van der Waals surface area contributed by atoms with Crippen molar-refractivity contribution in [2.24, 2.45) is 0 Å². The van der Waals surface area contributed by atoms with E-state index < -0.39 is 28.2 Å². The summed E-state index contributed by atoms with van der Waals surface area (Å²) < 4.78 is 64.3. The fourth-order valence-electron chi connectivity index (χ4n) is 3.59. The lowest BCUT2D eigenvalue weighted by atomic mass is 9.95. The SMILES string of the molecule is CCS(=O)(=O)c1ccc(CC(=O)NC2=CC(CO)=C(c3ccccc3C(F)(F)F)C=CC2)cc1. The molecule has 2 N–H and O–H groups in total. The first-order chi connectivity index (χ1) is 16.0. The van der Waals surface area contributed by atoms with Gasteiger partial charge in [0.1, 0.15) is 0 Å². The highest BCUT2D eigenvalue weighted by molar-refractivity contribution is 7.91. The van der Waals surface area contributed by atoms with E-state index in [9.17, 15) is 31.5 Å². The summed E-state index contributed by atoms with van der Waals surface area (Å²) in [7, 11) is -3.34. The number of carbonyl (C=O) groups excluding carboxylic acids is 1. The van der Waals surface area contributed by atoms with Gasteiger partial charge in [-0.05, 0) is 46.5 Å². The van der Waals surface area contributed by atoms with Gasteiger partial charge in [0, 0.05) is 12.1 Å². The molecule has 0 unspecified atom stereocenters. The van der Waals surface area contributed by atoms with Gasteiger partial charge < -0.3 is 10.4 Å².